The lowest BCUT2D eigenvalue weighted by molar-refractivity contribution is 0.0907. The third-order valence-electron chi connectivity index (χ3n) is 5.59. The molecule has 1 aromatic rings. The van der Waals surface area contributed by atoms with E-state index in [0.29, 0.717) is 11.6 Å². The van der Waals surface area contributed by atoms with Crippen molar-refractivity contribution in [2.45, 2.75) is 43.5 Å². The minimum atomic E-state index is -3.54. The van der Waals surface area contributed by atoms with Crippen LogP contribution in [0.25, 0.3) is 0 Å². The first-order valence-corrected chi connectivity index (χ1v) is 9.71. The van der Waals surface area contributed by atoms with Crippen LogP contribution in [0.2, 0.25) is 0 Å². The molecule has 0 aliphatic heterocycles. The first kappa shape index (κ1) is 16.5. The SMILES string of the molecule is CNS(=O)(=O)c1cc(C(=O)N[C@@H](C)[C@@H]2C[C@@H]3CC[C@@H]2C3)n(C)c1. The Labute approximate surface area is 137 Å². The van der Waals surface area contributed by atoms with Gasteiger partial charge in [-0.2, -0.15) is 0 Å². The Bertz CT molecular complexity index is 710. The second-order valence-corrected chi connectivity index (χ2v) is 8.87. The largest absolute Gasteiger partial charge is 0.348 e. The van der Waals surface area contributed by atoms with Crippen LogP contribution in [0.1, 0.15) is 43.1 Å². The van der Waals surface area contributed by atoms with Crippen molar-refractivity contribution in [1.29, 1.82) is 0 Å². The average molecular weight is 339 g/mol. The van der Waals surface area contributed by atoms with Gasteiger partial charge in [-0.15, -0.1) is 0 Å². The van der Waals surface area contributed by atoms with E-state index in [1.807, 2.05) is 0 Å². The highest BCUT2D eigenvalue weighted by molar-refractivity contribution is 7.89. The standard InChI is InChI=1S/C16H25N3O3S/c1-10(14-7-11-4-5-12(14)6-11)18-16(20)15-8-13(9-19(15)3)23(21,22)17-2/h8-12,14,17H,4-7H2,1-3H3,(H,18,20)/t10-,11+,12+,14-/m0/s1. The van der Waals surface area contributed by atoms with Crippen LogP contribution >= 0.6 is 0 Å². The summed E-state index contributed by atoms with van der Waals surface area (Å²) < 4.78 is 27.5. The Kier molecular flexibility index (Phi) is 4.27. The number of carbonyl (C=O) groups excluding carboxylic acids is 1. The predicted molar refractivity (Wildman–Crippen MR) is 87.5 cm³/mol. The van der Waals surface area contributed by atoms with Crippen LogP contribution in [0, 0.1) is 17.8 Å². The molecule has 2 fully saturated rings. The van der Waals surface area contributed by atoms with Gasteiger partial charge in [-0.1, -0.05) is 6.42 Å². The van der Waals surface area contributed by atoms with Crippen molar-refractivity contribution in [3.05, 3.63) is 18.0 Å². The van der Waals surface area contributed by atoms with Crippen molar-refractivity contribution >= 4 is 15.9 Å². The van der Waals surface area contributed by atoms with Crippen molar-refractivity contribution in [3.63, 3.8) is 0 Å². The molecule has 3 rings (SSSR count). The Morgan fingerprint density at radius 3 is 2.65 bits per heavy atom. The molecule has 0 unspecified atom stereocenters. The zero-order valence-corrected chi connectivity index (χ0v) is 14.7. The maximum absolute atomic E-state index is 12.5. The average Bonchev–Trinajstić information content (AvgIpc) is 3.21. The minimum Gasteiger partial charge on any atom is -0.348 e. The number of carbonyl (C=O) groups is 1. The van der Waals surface area contributed by atoms with Crippen molar-refractivity contribution < 1.29 is 13.2 Å². The molecule has 2 aliphatic carbocycles. The third kappa shape index (κ3) is 3.04. The van der Waals surface area contributed by atoms with Crippen LogP contribution in [0.4, 0.5) is 0 Å². The first-order valence-electron chi connectivity index (χ1n) is 8.22. The van der Waals surface area contributed by atoms with E-state index >= 15 is 0 Å². The van der Waals surface area contributed by atoms with Crippen LogP contribution in [-0.4, -0.2) is 32.0 Å². The molecule has 0 radical (unpaired) electrons. The van der Waals surface area contributed by atoms with E-state index in [1.54, 1.807) is 11.6 Å². The molecule has 2 bridgehead atoms. The molecule has 7 heteroatoms. The predicted octanol–water partition coefficient (Wildman–Crippen LogP) is 1.49. The van der Waals surface area contributed by atoms with E-state index in [2.05, 4.69) is 17.0 Å². The van der Waals surface area contributed by atoms with E-state index in [-0.39, 0.29) is 16.8 Å². The summed E-state index contributed by atoms with van der Waals surface area (Å²) in [6, 6.07) is 1.55. The van der Waals surface area contributed by atoms with Gasteiger partial charge in [0, 0.05) is 19.3 Å². The summed E-state index contributed by atoms with van der Waals surface area (Å²) in [4.78, 5) is 12.6. The maximum atomic E-state index is 12.5. The highest BCUT2D eigenvalue weighted by Gasteiger charge is 2.42. The van der Waals surface area contributed by atoms with Crippen LogP contribution in [0.5, 0.6) is 0 Å². The van der Waals surface area contributed by atoms with Gasteiger partial charge in [-0.3, -0.25) is 4.79 Å². The fraction of sp³-hybridized carbons (Fsp3) is 0.688. The van der Waals surface area contributed by atoms with E-state index in [1.165, 1.54) is 45.0 Å². The van der Waals surface area contributed by atoms with E-state index in [4.69, 9.17) is 0 Å². The number of rotatable bonds is 5. The van der Waals surface area contributed by atoms with Crippen molar-refractivity contribution in [3.8, 4) is 0 Å². The Balaban J connectivity index is 1.71. The van der Waals surface area contributed by atoms with Gasteiger partial charge in [-0.05, 0) is 57.1 Å². The molecule has 4 atom stereocenters. The van der Waals surface area contributed by atoms with Crippen molar-refractivity contribution in [1.82, 2.24) is 14.6 Å². The molecule has 0 spiro atoms. The Hall–Kier alpha value is -1.34. The summed E-state index contributed by atoms with van der Waals surface area (Å²) in [5, 5.41) is 3.07. The lowest BCUT2D eigenvalue weighted by atomic mass is 9.84. The summed E-state index contributed by atoms with van der Waals surface area (Å²) in [6.07, 6.45) is 6.59. The van der Waals surface area contributed by atoms with Crippen LogP contribution < -0.4 is 10.0 Å². The highest BCUT2D eigenvalue weighted by atomic mass is 32.2. The topological polar surface area (TPSA) is 80.2 Å². The fourth-order valence-corrected chi connectivity index (χ4v) is 5.12. The maximum Gasteiger partial charge on any atom is 0.268 e. The fourth-order valence-electron chi connectivity index (χ4n) is 4.32. The van der Waals surface area contributed by atoms with Crippen LogP contribution in [0.15, 0.2) is 17.2 Å². The Morgan fingerprint density at radius 1 is 1.35 bits per heavy atom. The van der Waals surface area contributed by atoms with Gasteiger partial charge in [0.25, 0.3) is 5.91 Å². The van der Waals surface area contributed by atoms with E-state index in [9.17, 15) is 13.2 Å². The molecular formula is C16H25N3O3S. The zero-order valence-electron chi connectivity index (χ0n) is 13.9. The number of aromatic nitrogens is 1. The van der Waals surface area contributed by atoms with Gasteiger partial charge in [0.2, 0.25) is 10.0 Å². The van der Waals surface area contributed by atoms with Gasteiger partial charge in [0.1, 0.15) is 10.6 Å². The third-order valence-corrected chi connectivity index (χ3v) is 6.97. The smallest absolute Gasteiger partial charge is 0.268 e. The minimum absolute atomic E-state index is 0.111. The number of hydrogen-bond acceptors (Lipinski definition) is 3. The van der Waals surface area contributed by atoms with Gasteiger partial charge >= 0.3 is 0 Å². The number of sulfonamides is 1. The normalized spacial score (nSPS) is 28.0. The second kappa shape index (κ2) is 5.94. The number of fused-ring (bicyclic) bond motifs is 2. The number of nitrogens with one attached hydrogen (secondary N) is 2. The second-order valence-electron chi connectivity index (χ2n) is 6.98. The van der Waals surface area contributed by atoms with Gasteiger partial charge in [0.15, 0.2) is 0 Å². The molecule has 1 aromatic heterocycles. The number of hydrogen-bond donors (Lipinski definition) is 2. The van der Waals surface area contributed by atoms with E-state index in [0.717, 1.165) is 11.8 Å². The monoisotopic (exact) mass is 339 g/mol. The quantitative estimate of drug-likeness (QED) is 0.853. The molecule has 2 N–H and O–H groups in total. The summed E-state index contributed by atoms with van der Waals surface area (Å²) in [6.45, 7) is 2.07. The summed E-state index contributed by atoms with van der Waals surface area (Å²) in [7, 11) is -0.489. The summed E-state index contributed by atoms with van der Waals surface area (Å²) >= 11 is 0. The van der Waals surface area contributed by atoms with Crippen molar-refractivity contribution in [2.75, 3.05) is 7.05 Å². The number of amides is 1. The summed E-state index contributed by atoms with van der Waals surface area (Å²) in [5.74, 6) is 1.93. The molecule has 0 saturated heterocycles. The molecule has 128 valence electrons. The number of nitrogens with zero attached hydrogens (tertiary/aromatic N) is 1. The van der Waals surface area contributed by atoms with Gasteiger partial charge < -0.3 is 9.88 Å². The number of aryl methyl sites for hydroxylation is 1. The molecule has 0 aromatic carbocycles. The molecule has 2 aliphatic rings. The first-order chi connectivity index (χ1) is 10.8. The molecule has 23 heavy (non-hydrogen) atoms. The molecule has 1 amide bonds. The van der Waals surface area contributed by atoms with E-state index < -0.39 is 10.0 Å². The molecular weight excluding hydrogens is 314 g/mol. The lowest BCUT2D eigenvalue weighted by Gasteiger charge is -2.28. The molecule has 2 saturated carbocycles. The van der Waals surface area contributed by atoms with Gasteiger partial charge in [-0.25, -0.2) is 13.1 Å². The zero-order chi connectivity index (χ0) is 16.8. The van der Waals surface area contributed by atoms with Gasteiger partial charge in [0.05, 0.1) is 0 Å². The lowest BCUT2D eigenvalue weighted by Crippen LogP contribution is -2.40. The molecule has 1 heterocycles. The highest BCUT2D eigenvalue weighted by Crippen LogP contribution is 2.49. The summed E-state index contributed by atoms with van der Waals surface area (Å²) in [5.41, 5.74) is 0.369. The Morgan fingerprint density at radius 2 is 2.09 bits per heavy atom. The van der Waals surface area contributed by atoms with Crippen LogP contribution in [0.3, 0.4) is 0 Å². The van der Waals surface area contributed by atoms with Crippen molar-refractivity contribution in [2.24, 2.45) is 24.8 Å². The molecule has 6 nitrogen and oxygen atoms in total. The van der Waals surface area contributed by atoms with Crippen LogP contribution in [-0.2, 0) is 17.1 Å².